The van der Waals surface area contributed by atoms with Crippen LogP contribution in [0.3, 0.4) is 0 Å². The molecule has 3 aromatic carbocycles. The minimum Gasteiger partial charge on any atom is -0.457 e. The fourth-order valence-electron chi connectivity index (χ4n) is 3.58. The maximum absolute atomic E-state index is 6.38. The number of nitrogens with two attached hydrogens (primary N) is 1. The Morgan fingerprint density at radius 3 is 2.33 bits per heavy atom. The summed E-state index contributed by atoms with van der Waals surface area (Å²) in [4.78, 5) is 8.68. The van der Waals surface area contributed by atoms with E-state index in [2.05, 4.69) is 15.0 Å². The van der Waals surface area contributed by atoms with Crippen LogP contribution < -0.4 is 15.5 Å². The van der Waals surface area contributed by atoms with Gasteiger partial charge in [-0.05, 0) is 48.5 Å². The number of nitrogens with zero attached hydrogens (tertiary/aromatic N) is 4. The molecule has 3 aromatic rings. The monoisotopic (exact) mass is 394 g/mol. The van der Waals surface area contributed by atoms with Crippen molar-refractivity contribution in [2.75, 3.05) is 10.7 Å². The van der Waals surface area contributed by atoms with E-state index in [-0.39, 0.29) is 4.59 Å². The second kappa shape index (κ2) is 7.35. The van der Waals surface area contributed by atoms with E-state index >= 15 is 0 Å². The van der Waals surface area contributed by atoms with Crippen LogP contribution in [0.1, 0.15) is 0 Å². The number of fused-ring (bicyclic) bond motifs is 1. The van der Waals surface area contributed by atoms with E-state index in [9.17, 15) is 0 Å². The van der Waals surface area contributed by atoms with E-state index in [1.54, 1.807) is 6.20 Å². The van der Waals surface area contributed by atoms with Crippen molar-refractivity contribution in [2.45, 2.75) is 0 Å². The molecule has 2 aliphatic heterocycles. The van der Waals surface area contributed by atoms with Gasteiger partial charge in [-0.1, -0.05) is 30.3 Å². The number of ether oxygens (including phenoxy) is 1. The van der Waals surface area contributed by atoms with Crippen molar-refractivity contribution in [1.82, 2.24) is 0 Å². The highest BCUT2D eigenvalue weighted by atomic mass is 16.5. The molecule has 146 valence electrons. The molecule has 0 saturated carbocycles. The van der Waals surface area contributed by atoms with E-state index in [0.717, 1.165) is 28.6 Å². The zero-order chi connectivity index (χ0) is 20.4. The fraction of sp³-hybridized carbons (Fsp3) is 0. The van der Waals surface area contributed by atoms with Crippen LogP contribution in [0.2, 0.25) is 0 Å². The lowest BCUT2D eigenvalue weighted by atomic mass is 10.2. The van der Waals surface area contributed by atoms with Crippen molar-refractivity contribution >= 4 is 29.6 Å². The maximum atomic E-state index is 6.38. The van der Waals surface area contributed by atoms with Gasteiger partial charge in [-0.2, -0.15) is 5.01 Å². The largest absolute Gasteiger partial charge is 0.457 e. The van der Waals surface area contributed by atoms with Gasteiger partial charge in [0.2, 0.25) is 12.0 Å². The third kappa shape index (κ3) is 3.05. The number of rotatable bonds is 5. The minimum atomic E-state index is 0.247. The molecule has 0 saturated heterocycles. The maximum Gasteiger partial charge on any atom is 0.225 e. The molecule has 5 rings (SSSR count). The van der Waals surface area contributed by atoms with Crippen molar-refractivity contribution in [1.29, 1.82) is 0 Å². The molecule has 30 heavy (non-hydrogen) atoms. The SMILES string of the molecule is Nc1ccccc1N(c1ccc(Oc2ccccc2)cc1)[N+]12C=CN=CC1=CN=C2. The lowest BCUT2D eigenvalue weighted by molar-refractivity contribution is -0.734. The molecule has 6 heteroatoms. The molecule has 0 radical (unpaired) electrons. The van der Waals surface area contributed by atoms with Crippen LogP contribution in [-0.2, 0) is 0 Å². The van der Waals surface area contributed by atoms with E-state index in [4.69, 9.17) is 10.5 Å². The quantitative estimate of drug-likeness (QED) is 0.467. The third-order valence-electron chi connectivity index (χ3n) is 5.01. The summed E-state index contributed by atoms with van der Waals surface area (Å²) in [6, 6.07) is 25.4. The van der Waals surface area contributed by atoms with Gasteiger partial charge in [-0.25, -0.2) is 4.99 Å². The van der Waals surface area contributed by atoms with Crippen LogP contribution in [0.25, 0.3) is 0 Å². The zero-order valence-corrected chi connectivity index (χ0v) is 16.2. The average Bonchev–Trinajstić information content (AvgIpc) is 3.22. The molecule has 6 nitrogen and oxygen atoms in total. The summed E-state index contributed by atoms with van der Waals surface area (Å²) in [5.74, 6) is 1.55. The molecule has 0 amide bonds. The van der Waals surface area contributed by atoms with Crippen LogP contribution in [0, 0.1) is 0 Å². The average molecular weight is 394 g/mol. The van der Waals surface area contributed by atoms with Crippen LogP contribution in [0.15, 0.2) is 113 Å². The van der Waals surface area contributed by atoms with Gasteiger partial charge < -0.3 is 10.5 Å². The molecular formula is C24H20N5O+. The van der Waals surface area contributed by atoms with Gasteiger partial charge in [-0.15, -0.1) is 4.59 Å². The van der Waals surface area contributed by atoms with Crippen molar-refractivity contribution in [3.05, 3.63) is 103 Å². The normalized spacial score (nSPS) is 18.7. The summed E-state index contributed by atoms with van der Waals surface area (Å²) in [5.41, 5.74) is 9.78. The van der Waals surface area contributed by atoms with E-state index in [1.165, 1.54) is 0 Å². The first kappa shape index (κ1) is 17.9. The van der Waals surface area contributed by atoms with Crippen LogP contribution in [0.4, 0.5) is 17.1 Å². The first-order chi connectivity index (χ1) is 14.8. The van der Waals surface area contributed by atoms with E-state index < -0.39 is 0 Å². The number of allylic oxidation sites excluding steroid dienone is 1. The Balaban J connectivity index is 1.57. The highest BCUT2D eigenvalue weighted by molar-refractivity contribution is 5.84. The van der Waals surface area contributed by atoms with Gasteiger partial charge in [0.1, 0.15) is 17.2 Å². The second-order valence-electron chi connectivity index (χ2n) is 6.91. The minimum absolute atomic E-state index is 0.247. The zero-order valence-electron chi connectivity index (χ0n) is 16.2. The van der Waals surface area contributed by atoms with Gasteiger partial charge in [0.05, 0.1) is 30.0 Å². The molecule has 1 atom stereocenters. The summed E-state index contributed by atoms with van der Waals surface area (Å²) in [7, 11) is 0. The standard InChI is InChI=1S/C24H20N5O/c25-23-8-4-5-9-24(23)28(29-15-14-26-16-20(29)17-27-18-29)19-10-12-22(13-11-19)30-21-6-2-1-3-7-21/h1-18H,25H2/q+1. The molecule has 0 fully saturated rings. The molecule has 0 bridgehead atoms. The lowest BCUT2D eigenvalue weighted by Crippen LogP contribution is -2.52. The summed E-state index contributed by atoms with van der Waals surface area (Å²) >= 11 is 0. The number of nitrogen functional groups attached to an aromatic ring is 1. The smallest absolute Gasteiger partial charge is 0.225 e. The number of hydrogen-bond donors (Lipinski definition) is 1. The topological polar surface area (TPSA) is 63.2 Å². The van der Waals surface area contributed by atoms with Crippen LogP contribution in [-0.4, -0.2) is 17.1 Å². The van der Waals surface area contributed by atoms with Gasteiger partial charge >= 0.3 is 0 Å². The molecule has 0 aromatic heterocycles. The molecule has 1 unspecified atom stereocenters. The molecule has 0 aliphatic carbocycles. The summed E-state index contributed by atoms with van der Waals surface area (Å²) in [6.07, 6.45) is 9.23. The summed E-state index contributed by atoms with van der Waals surface area (Å²) in [5, 5.41) is 2.12. The fourth-order valence-corrected chi connectivity index (χ4v) is 3.58. The van der Waals surface area contributed by atoms with Crippen LogP contribution >= 0.6 is 0 Å². The number of para-hydroxylation sites is 3. The highest BCUT2D eigenvalue weighted by Crippen LogP contribution is 2.40. The van der Waals surface area contributed by atoms with Gasteiger partial charge in [0.15, 0.2) is 6.20 Å². The van der Waals surface area contributed by atoms with E-state index in [1.807, 2.05) is 104 Å². The number of benzene rings is 3. The Labute approximate surface area is 174 Å². The number of hydrogen-bond acceptors (Lipinski definition) is 5. The summed E-state index contributed by atoms with van der Waals surface area (Å²) < 4.78 is 6.20. The van der Waals surface area contributed by atoms with Gasteiger partial charge in [0.25, 0.3) is 0 Å². The number of quaternary nitrogens is 1. The number of anilines is 3. The Hall–Kier alpha value is -4.16. The lowest BCUT2D eigenvalue weighted by Gasteiger charge is -2.39. The van der Waals surface area contributed by atoms with Crippen molar-refractivity contribution in [3.63, 3.8) is 0 Å². The second-order valence-corrected chi connectivity index (χ2v) is 6.91. The Morgan fingerprint density at radius 1 is 0.800 bits per heavy atom. The first-order valence-electron chi connectivity index (χ1n) is 9.59. The predicted molar refractivity (Wildman–Crippen MR) is 120 cm³/mol. The Kier molecular flexibility index (Phi) is 4.38. The number of aliphatic imine (C=N–C) groups is 2. The van der Waals surface area contributed by atoms with Crippen LogP contribution in [0.5, 0.6) is 11.5 Å². The molecule has 2 aliphatic rings. The van der Waals surface area contributed by atoms with Crippen molar-refractivity contribution in [2.24, 2.45) is 9.98 Å². The van der Waals surface area contributed by atoms with Crippen molar-refractivity contribution in [3.8, 4) is 11.5 Å². The Morgan fingerprint density at radius 2 is 1.53 bits per heavy atom. The third-order valence-corrected chi connectivity index (χ3v) is 5.01. The summed E-state index contributed by atoms with van der Waals surface area (Å²) in [6.45, 7) is 0. The first-order valence-corrected chi connectivity index (χ1v) is 9.59. The highest BCUT2D eigenvalue weighted by Gasteiger charge is 2.43. The van der Waals surface area contributed by atoms with Gasteiger partial charge in [-0.3, -0.25) is 4.99 Å². The molecular weight excluding hydrogens is 374 g/mol. The Bertz CT molecular complexity index is 1180. The predicted octanol–water partition coefficient (Wildman–Crippen LogP) is 5.37. The molecule has 2 heterocycles. The van der Waals surface area contributed by atoms with E-state index in [0.29, 0.717) is 5.69 Å². The molecule has 2 N–H and O–H groups in total. The van der Waals surface area contributed by atoms with Crippen molar-refractivity contribution < 1.29 is 9.33 Å². The van der Waals surface area contributed by atoms with Gasteiger partial charge in [0, 0.05) is 0 Å². The molecule has 0 spiro atoms.